The third-order valence-corrected chi connectivity index (χ3v) is 4.74. The highest BCUT2D eigenvalue weighted by Crippen LogP contribution is 2.40. The minimum absolute atomic E-state index is 0.170. The van der Waals surface area contributed by atoms with Crippen molar-refractivity contribution in [3.8, 4) is 29.0 Å². The lowest BCUT2D eigenvalue weighted by atomic mass is 10.0. The summed E-state index contributed by atoms with van der Waals surface area (Å²) in [5.41, 5.74) is 1.32. The van der Waals surface area contributed by atoms with Crippen molar-refractivity contribution in [3.05, 3.63) is 28.6 Å². The summed E-state index contributed by atoms with van der Waals surface area (Å²) < 4.78 is 26.7. The monoisotopic (exact) mass is 397 g/mol. The number of nitrogens with one attached hydrogen (secondary N) is 1. The third-order valence-electron chi connectivity index (χ3n) is 4.74. The zero-order chi connectivity index (χ0) is 20.7. The molecule has 0 aliphatic carbocycles. The molecule has 3 aromatic heterocycles. The van der Waals surface area contributed by atoms with Crippen LogP contribution >= 0.6 is 0 Å². The predicted octanol–water partition coefficient (Wildman–Crippen LogP) is 2.67. The molecule has 4 aromatic rings. The Labute approximate surface area is 165 Å². The zero-order valence-electron chi connectivity index (χ0n) is 16.6. The van der Waals surface area contributed by atoms with Crippen LogP contribution < -0.4 is 29.2 Å². The maximum absolute atomic E-state index is 12.4. The quantitative estimate of drug-likeness (QED) is 0.513. The fraction of sp³-hybridized carbons (Fsp3) is 0.250. The summed E-state index contributed by atoms with van der Waals surface area (Å²) in [5, 5.41) is 2.03. The van der Waals surface area contributed by atoms with Crippen LogP contribution in [0.1, 0.15) is 0 Å². The first-order valence-electron chi connectivity index (χ1n) is 8.64. The highest BCUT2D eigenvalue weighted by molar-refractivity contribution is 6.22. The van der Waals surface area contributed by atoms with E-state index in [1.165, 1.54) is 35.5 Å². The van der Waals surface area contributed by atoms with Crippen LogP contribution in [0.25, 0.3) is 32.7 Å². The molecule has 0 saturated carbocycles. The summed E-state index contributed by atoms with van der Waals surface area (Å²) >= 11 is 0. The van der Waals surface area contributed by atoms with Crippen molar-refractivity contribution in [2.75, 3.05) is 35.5 Å². The van der Waals surface area contributed by atoms with Gasteiger partial charge in [0.2, 0.25) is 0 Å². The number of benzene rings is 1. The van der Waals surface area contributed by atoms with Gasteiger partial charge < -0.3 is 28.7 Å². The SMILES string of the molecule is COc1cc2c(nc1OC)c1cc(OC)c(OC)nc1c1cc(OC)c(=O)[nH]c21. The zero-order valence-corrected chi connectivity index (χ0v) is 16.6. The van der Waals surface area contributed by atoms with Crippen LogP contribution in [0.5, 0.6) is 29.0 Å². The lowest BCUT2D eigenvalue weighted by molar-refractivity contribution is 0.344. The summed E-state index contributed by atoms with van der Waals surface area (Å²) in [7, 11) is 7.51. The van der Waals surface area contributed by atoms with E-state index in [1.54, 1.807) is 18.2 Å². The minimum Gasteiger partial charge on any atom is -0.491 e. The molecule has 3 heterocycles. The van der Waals surface area contributed by atoms with Gasteiger partial charge in [0.25, 0.3) is 17.3 Å². The van der Waals surface area contributed by atoms with Crippen LogP contribution in [0.2, 0.25) is 0 Å². The fourth-order valence-corrected chi connectivity index (χ4v) is 3.38. The second-order valence-corrected chi connectivity index (χ2v) is 6.15. The molecule has 0 unspecified atom stereocenters. The van der Waals surface area contributed by atoms with Crippen molar-refractivity contribution in [2.45, 2.75) is 0 Å². The van der Waals surface area contributed by atoms with E-state index < -0.39 is 0 Å². The largest absolute Gasteiger partial charge is 0.491 e. The Morgan fingerprint density at radius 3 is 1.55 bits per heavy atom. The number of rotatable bonds is 5. The van der Waals surface area contributed by atoms with Gasteiger partial charge in [0.15, 0.2) is 17.2 Å². The van der Waals surface area contributed by atoms with Crippen LogP contribution in [0.4, 0.5) is 0 Å². The van der Waals surface area contributed by atoms with E-state index in [2.05, 4.69) is 15.0 Å². The highest BCUT2D eigenvalue weighted by atomic mass is 16.5. The predicted molar refractivity (Wildman–Crippen MR) is 108 cm³/mol. The van der Waals surface area contributed by atoms with Crippen molar-refractivity contribution >= 4 is 32.7 Å². The third kappa shape index (κ3) is 2.74. The van der Waals surface area contributed by atoms with Gasteiger partial charge in [-0.05, 0) is 18.2 Å². The van der Waals surface area contributed by atoms with Gasteiger partial charge in [-0.15, -0.1) is 0 Å². The lowest BCUT2D eigenvalue weighted by Crippen LogP contribution is -2.09. The molecule has 150 valence electrons. The Hall–Kier alpha value is -3.75. The molecular formula is C20H19N3O6. The molecule has 1 N–H and O–H groups in total. The molecule has 0 radical (unpaired) electrons. The molecule has 0 aliphatic rings. The maximum atomic E-state index is 12.4. The van der Waals surface area contributed by atoms with Gasteiger partial charge in [-0.1, -0.05) is 0 Å². The molecule has 0 saturated heterocycles. The number of aromatic amines is 1. The first-order chi connectivity index (χ1) is 14.1. The van der Waals surface area contributed by atoms with Crippen molar-refractivity contribution < 1.29 is 23.7 Å². The minimum atomic E-state index is -0.365. The molecule has 0 bridgehead atoms. The van der Waals surface area contributed by atoms with Crippen molar-refractivity contribution in [2.24, 2.45) is 0 Å². The summed E-state index contributed by atoms with van der Waals surface area (Å²) in [4.78, 5) is 24.5. The Bertz CT molecular complexity index is 1280. The average Bonchev–Trinajstić information content (AvgIpc) is 2.76. The summed E-state index contributed by atoms with van der Waals surface area (Å²) in [6, 6.07) is 5.20. The van der Waals surface area contributed by atoms with E-state index >= 15 is 0 Å². The molecule has 0 spiro atoms. The van der Waals surface area contributed by atoms with Gasteiger partial charge in [0, 0.05) is 16.2 Å². The van der Waals surface area contributed by atoms with Gasteiger partial charge in [0.05, 0.1) is 52.1 Å². The number of nitrogens with zero attached hydrogens (tertiary/aromatic N) is 2. The molecule has 0 atom stereocenters. The number of pyridine rings is 3. The van der Waals surface area contributed by atoms with Gasteiger partial charge in [-0.3, -0.25) is 4.79 Å². The van der Waals surface area contributed by atoms with Gasteiger partial charge in [-0.25, -0.2) is 9.97 Å². The number of ether oxygens (including phenoxy) is 5. The normalized spacial score (nSPS) is 11.1. The molecule has 0 fully saturated rings. The van der Waals surface area contributed by atoms with Gasteiger partial charge in [0.1, 0.15) is 0 Å². The van der Waals surface area contributed by atoms with E-state index in [-0.39, 0.29) is 11.3 Å². The Morgan fingerprint density at radius 1 is 0.655 bits per heavy atom. The molecule has 9 nitrogen and oxygen atoms in total. The van der Waals surface area contributed by atoms with Crippen LogP contribution in [0.15, 0.2) is 23.0 Å². The molecule has 4 rings (SSSR count). The van der Waals surface area contributed by atoms with Gasteiger partial charge >= 0.3 is 0 Å². The first kappa shape index (κ1) is 18.6. The molecular weight excluding hydrogens is 378 g/mol. The topological polar surface area (TPSA) is 105 Å². The molecule has 0 amide bonds. The Balaban J connectivity index is 2.32. The number of hydrogen-bond acceptors (Lipinski definition) is 8. The van der Waals surface area contributed by atoms with Crippen molar-refractivity contribution in [3.63, 3.8) is 0 Å². The first-order valence-corrected chi connectivity index (χ1v) is 8.64. The molecule has 0 aliphatic heterocycles. The van der Waals surface area contributed by atoms with E-state index in [1.807, 2.05) is 0 Å². The second kappa shape index (κ2) is 7.01. The lowest BCUT2D eigenvalue weighted by Gasteiger charge is -2.15. The summed E-state index contributed by atoms with van der Waals surface area (Å²) in [6.07, 6.45) is 0. The van der Waals surface area contributed by atoms with Crippen LogP contribution in [-0.4, -0.2) is 50.5 Å². The van der Waals surface area contributed by atoms with Crippen molar-refractivity contribution in [1.29, 1.82) is 0 Å². The summed E-state index contributed by atoms with van der Waals surface area (Å²) in [6.45, 7) is 0. The van der Waals surface area contributed by atoms with Crippen LogP contribution in [-0.2, 0) is 0 Å². The average molecular weight is 397 g/mol. The van der Waals surface area contributed by atoms with Crippen molar-refractivity contribution in [1.82, 2.24) is 15.0 Å². The standard InChI is InChI=1S/C20H19N3O6/c1-25-12-6-9-15(21-18(12)24)10-7-13(26-2)19(28-4)23-17(10)11-8-14(27-3)20(29-5)22-16(9)11/h6-8H,1-5H3,(H,21,24). The summed E-state index contributed by atoms with van der Waals surface area (Å²) in [5.74, 6) is 1.68. The number of aromatic nitrogens is 3. The molecule has 1 aromatic carbocycles. The van der Waals surface area contributed by atoms with E-state index in [4.69, 9.17) is 23.7 Å². The number of hydrogen-bond donors (Lipinski definition) is 1. The fourth-order valence-electron chi connectivity index (χ4n) is 3.38. The van der Waals surface area contributed by atoms with Gasteiger partial charge in [-0.2, -0.15) is 0 Å². The Kier molecular flexibility index (Phi) is 4.50. The van der Waals surface area contributed by atoms with E-state index in [9.17, 15) is 4.79 Å². The Morgan fingerprint density at radius 2 is 1.10 bits per heavy atom. The number of fused-ring (bicyclic) bond motifs is 6. The van der Waals surface area contributed by atoms with E-state index in [0.29, 0.717) is 56.0 Å². The number of methoxy groups -OCH3 is 5. The second-order valence-electron chi connectivity index (χ2n) is 6.15. The maximum Gasteiger partial charge on any atom is 0.290 e. The van der Waals surface area contributed by atoms with Crippen LogP contribution in [0, 0.1) is 0 Å². The molecule has 9 heteroatoms. The number of H-pyrrole nitrogens is 1. The van der Waals surface area contributed by atoms with Crippen LogP contribution in [0.3, 0.4) is 0 Å². The van der Waals surface area contributed by atoms with E-state index in [0.717, 1.165) is 0 Å². The smallest absolute Gasteiger partial charge is 0.290 e. The molecule has 29 heavy (non-hydrogen) atoms. The highest BCUT2D eigenvalue weighted by Gasteiger charge is 2.20.